The van der Waals surface area contributed by atoms with Crippen molar-refractivity contribution in [1.29, 1.82) is 0 Å². The minimum Gasteiger partial charge on any atom is -0.497 e. The third kappa shape index (κ3) is 5.69. The van der Waals surface area contributed by atoms with Crippen molar-refractivity contribution in [3.63, 3.8) is 0 Å². The number of halogens is 3. The van der Waals surface area contributed by atoms with Gasteiger partial charge in [-0.25, -0.2) is 0 Å². The van der Waals surface area contributed by atoms with Crippen molar-refractivity contribution in [3.05, 3.63) is 48.5 Å². The van der Waals surface area contributed by atoms with Crippen LogP contribution in [0, 0.1) is 0 Å². The molecule has 6 nitrogen and oxygen atoms in total. The molecular formula is C20H22F3N3O3. The number of nitrogens with zero attached hydrogens (tertiary/aromatic N) is 2. The summed E-state index contributed by atoms with van der Waals surface area (Å²) < 4.78 is 46.6. The summed E-state index contributed by atoms with van der Waals surface area (Å²) in [6, 6.07) is 13.4. The van der Waals surface area contributed by atoms with Crippen LogP contribution in [0.3, 0.4) is 0 Å². The summed E-state index contributed by atoms with van der Waals surface area (Å²) in [6.45, 7) is 2.30. The van der Waals surface area contributed by atoms with Crippen molar-refractivity contribution in [2.75, 3.05) is 50.1 Å². The number of nitrogens with one attached hydrogen (secondary N) is 1. The number of amides is 1. The van der Waals surface area contributed by atoms with Gasteiger partial charge in [-0.2, -0.15) is 0 Å². The average molecular weight is 409 g/mol. The maximum atomic E-state index is 12.5. The molecule has 2 aromatic rings. The zero-order valence-electron chi connectivity index (χ0n) is 15.9. The quantitative estimate of drug-likeness (QED) is 0.793. The zero-order valence-corrected chi connectivity index (χ0v) is 15.9. The Labute approximate surface area is 166 Å². The molecule has 0 aromatic heterocycles. The van der Waals surface area contributed by atoms with Gasteiger partial charge in [0, 0.05) is 31.9 Å². The van der Waals surface area contributed by atoms with Gasteiger partial charge in [-0.15, -0.1) is 13.2 Å². The van der Waals surface area contributed by atoms with E-state index < -0.39 is 6.36 Å². The second kappa shape index (κ2) is 8.93. The highest BCUT2D eigenvalue weighted by Crippen LogP contribution is 2.29. The van der Waals surface area contributed by atoms with Crippen molar-refractivity contribution in [1.82, 2.24) is 4.90 Å². The fraction of sp³-hybridized carbons (Fsp3) is 0.350. The van der Waals surface area contributed by atoms with Crippen LogP contribution in [0.1, 0.15) is 0 Å². The van der Waals surface area contributed by atoms with Gasteiger partial charge in [0.25, 0.3) is 0 Å². The molecule has 0 unspecified atom stereocenters. The molecule has 29 heavy (non-hydrogen) atoms. The molecule has 1 saturated heterocycles. The number of para-hydroxylation sites is 2. The van der Waals surface area contributed by atoms with Gasteiger partial charge in [0.1, 0.15) is 5.75 Å². The van der Waals surface area contributed by atoms with E-state index in [9.17, 15) is 18.0 Å². The third-order valence-electron chi connectivity index (χ3n) is 4.61. The van der Waals surface area contributed by atoms with Gasteiger partial charge in [0.2, 0.25) is 5.91 Å². The van der Waals surface area contributed by atoms with E-state index in [0.717, 1.165) is 11.4 Å². The fourth-order valence-electron chi connectivity index (χ4n) is 3.12. The van der Waals surface area contributed by atoms with Crippen molar-refractivity contribution in [2.45, 2.75) is 6.36 Å². The first-order valence-electron chi connectivity index (χ1n) is 9.11. The predicted molar refractivity (Wildman–Crippen MR) is 103 cm³/mol. The first-order chi connectivity index (χ1) is 13.9. The molecule has 1 amide bonds. The largest absolute Gasteiger partial charge is 0.573 e. The van der Waals surface area contributed by atoms with Crippen molar-refractivity contribution in [3.8, 4) is 11.5 Å². The molecule has 0 atom stereocenters. The van der Waals surface area contributed by atoms with Crippen LogP contribution < -0.4 is 19.7 Å². The van der Waals surface area contributed by atoms with E-state index in [0.29, 0.717) is 26.2 Å². The van der Waals surface area contributed by atoms with Crippen LogP contribution in [0.4, 0.5) is 24.5 Å². The lowest BCUT2D eigenvalue weighted by atomic mass is 10.2. The van der Waals surface area contributed by atoms with Crippen LogP contribution in [0.15, 0.2) is 48.5 Å². The summed E-state index contributed by atoms with van der Waals surface area (Å²) in [5.74, 6) is 0.238. The average Bonchev–Trinajstić information content (AvgIpc) is 2.72. The highest BCUT2D eigenvalue weighted by atomic mass is 19.4. The molecule has 0 bridgehead atoms. The fourth-order valence-corrected chi connectivity index (χ4v) is 3.12. The van der Waals surface area contributed by atoms with Crippen molar-refractivity contribution >= 4 is 17.3 Å². The Hall–Kier alpha value is -3.10. The number of ether oxygens (including phenoxy) is 2. The van der Waals surface area contributed by atoms with Gasteiger partial charge in [-0.05, 0) is 36.4 Å². The highest BCUT2D eigenvalue weighted by molar-refractivity contribution is 5.81. The minimum absolute atomic E-state index is 0.110. The number of alkyl halides is 3. The number of hydrogen-bond donors (Lipinski definition) is 1. The van der Waals surface area contributed by atoms with Crippen LogP contribution in [-0.2, 0) is 4.79 Å². The summed E-state index contributed by atoms with van der Waals surface area (Å²) in [6.07, 6.45) is -4.79. The Morgan fingerprint density at radius 2 is 1.69 bits per heavy atom. The maximum Gasteiger partial charge on any atom is 0.573 e. The highest BCUT2D eigenvalue weighted by Gasteiger charge is 2.32. The SMILES string of the molecule is COc1ccc(N2CCN(C(=O)CNc3ccccc3OC(F)(F)F)CC2)cc1. The molecule has 156 valence electrons. The minimum atomic E-state index is -4.79. The lowest BCUT2D eigenvalue weighted by Gasteiger charge is -2.36. The monoisotopic (exact) mass is 409 g/mol. The van der Waals surface area contributed by atoms with Crippen molar-refractivity contribution in [2.24, 2.45) is 0 Å². The summed E-state index contributed by atoms with van der Waals surface area (Å²) in [5.41, 5.74) is 1.17. The second-order valence-electron chi connectivity index (χ2n) is 6.46. The van der Waals surface area contributed by atoms with Crippen LogP contribution in [0.25, 0.3) is 0 Å². The molecule has 0 aliphatic carbocycles. The lowest BCUT2D eigenvalue weighted by molar-refractivity contribution is -0.274. The summed E-state index contributed by atoms with van der Waals surface area (Å²) in [5, 5.41) is 2.74. The van der Waals surface area contributed by atoms with Gasteiger partial charge in [0.05, 0.1) is 19.3 Å². The molecule has 0 spiro atoms. The van der Waals surface area contributed by atoms with Crippen LogP contribution in [-0.4, -0.2) is 57.0 Å². The molecule has 0 radical (unpaired) electrons. The standard InChI is InChI=1S/C20H22F3N3O3/c1-28-16-8-6-15(7-9-16)25-10-12-26(13-11-25)19(27)14-24-17-4-2-3-5-18(17)29-20(21,22)23/h2-9,24H,10-14H2,1H3. The van der Waals surface area contributed by atoms with Crippen LogP contribution in [0.2, 0.25) is 0 Å². The van der Waals surface area contributed by atoms with E-state index in [4.69, 9.17) is 4.74 Å². The first-order valence-corrected chi connectivity index (χ1v) is 9.11. The Morgan fingerprint density at radius 1 is 1.03 bits per heavy atom. The van der Waals surface area contributed by atoms with Crippen LogP contribution in [0.5, 0.6) is 11.5 Å². The number of piperazine rings is 1. The normalized spacial score (nSPS) is 14.5. The van der Waals surface area contributed by atoms with E-state index in [1.54, 1.807) is 18.1 Å². The smallest absolute Gasteiger partial charge is 0.497 e. The topological polar surface area (TPSA) is 54.0 Å². The number of methoxy groups -OCH3 is 1. The second-order valence-corrected chi connectivity index (χ2v) is 6.46. The molecule has 1 N–H and O–H groups in total. The first kappa shape index (κ1) is 20.6. The van der Waals surface area contributed by atoms with Crippen molar-refractivity contribution < 1.29 is 27.4 Å². The Kier molecular flexibility index (Phi) is 6.36. The molecule has 1 aliphatic rings. The molecule has 1 heterocycles. The summed E-state index contributed by atoms with van der Waals surface area (Å²) in [7, 11) is 1.61. The molecule has 2 aromatic carbocycles. The van der Waals surface area contributed by atoms with Gasteiger partial charge in [-0.3, -0.25) is 4.79 Å². The van der Waals surface area contributed by atoms with Gasteiger partial charge in [-0.1, -0.05) is 12.1 Å². The van der Waals surface area contributed by atoms with E-state index in [-0.39, 0.29) is 23.9 Å². The lowest BCUT2D eigenvalue weighted by Crippen LogP contribution is -2.50. The van der Waals surface area contributed by atoms with E-state index >= 15 is 0 Å². The van der Waals surface area contributed by atoms with Crippen LogP contribution >= 0.6 is 0 Å². The Morgan fingerprint density at radius 3 is 2.31 bits per heavy atom. The number of anilines is 2. The van der Waals surface area contributed by atoms with E-state index in [1.807, 2.05) is 24.3 Å². The maximum absolute atomic E-state index is 12.5. The van der Waals surface area contributed by atoms with Gasteiger partial charge < -0.3 is 24.6 Å². The van der Waals surface area contributed by atoms with Gasteiger partial charge in [0.15, 0.2) is 5.75 Å². The van der Waals surface area contributed by atoms with E-state index in [2.05, 4.69) is 15.0 Å². The summed E-state index contributed by atoms with van der Waals surface area (Å²) in [4.78, 5) is 16.3. The number of rotatable bonds is 6. The van der Waals surface area contributed by atoms with E-state index in [1.165, 1.54) is 18.2 Å². The number of hydrogen-bond acceptors (Lipinski definition) is 5. The molecule has 9 heteroatoms. The number of carbonyl (C=O) groups excluding carboxylic acids is 1. The predicted octanol–water partition coefficient (Wildman–Crippen LogP) is 3.35. The van der Waals surface area contributed by atoms with Gasteiger partial charge >= 0.3 is 6.36 Å². The molecule has 1 fully saturated rings. The zero-order chi connectivity index (χ0) is 20.9. The Balaban J connectivity index is 1.51. The number of carbonyl (C=O) groups is 1. The Bertz CT molecular complexity index is 820. The summed E-state index contributed by atoms with van der Waals surface area (Å²) >= 11 is 0. The molecule has 0 saturated carbocycles. The number of benzene rings is 2. The molecule has 1 aliphatic heterocycles. The molecule has 3 rings (SSSR count). The third-order valence-corrected chi connectivity index (χ3v) is 4.61. The molecular weight excluding hydrogens is 387 g/mol.